The minimum Gasteiger partial charge on any atom is -0.436 e. The second kappa shape index (κ2) is 7.91. The van der Waals surface area contributed by atoms with Crippen LogP contribution in [0.2, 0.25) is 0 Å². The summed E-state index contributed by atoms with van der Waals surface area (Å²) in [7, 11) is 0. The lowest BCUT2D eigenvalue weighted by Gasteiger charge is -2.16. The van der Waals surface area contributed by atoms with E-state index in [9.17, 15) is 4.79 Å². The molecule has 0 aliphatic heterocycles. The summed E-state index contributed by atoms with van der Waals surface area (Å²) in [5.41, 5.74) is 0. The third kappa shape index (κ3) is 5.78. The summed E-state index contributed by atoms with van der Waals surface area (Å²) >= 11 is 0. The van der Waals surface area contributed by atoms with E-state index in [1.807, 2.05) is 6.92 Å². The molecule has 0 aromatic rings. The highest BCUT2D eigenvalue weighted by Crippen LogP contribution is 2.11. The van der Waals surface area contributed by atoms with E-state index in [2.05, 4.69) is 11.8 Å². The number of carbonyl (C=O) groups excluding carboxylic acids is 1. The highest BCUT2D eigenvalue weighted by molar-refractivity contribution is 5.73. The highest BCUT2D eigenvalue weighted by atomic mass is 16.7. The molecule has 1 unspecified atom stereocenters. The van der Waals surface area contributed by atoms with Crippen LogP contribution in [-0.4, -0.2) is 18.9 Å². The van der Waals surface area contributed by atoms with Crippen molar-refractivity contribution < 1.29 is 14.3 Å². The average molecular weight is 208 g/mol. The van der Waals surface area contributed by atoms with Crippen LogP contribution in [0.5, 0.6) is 0 Å². The molecule has 0 aliphatic rings. The van der Waals surface area contributed by atoms with Crippen molar-refractivity contribution in [1.29, 1.82) is 0 Å². The first kappa shape index (κ1) is 13.5. The SMILES string of the molecule is C#CCC(CC#C)C(=O)OC(C)OCC. The zero-order chi connectivity index (χ0) is 11.7. The van der Waals surface area contributed by atoms with Gasteiger partial charge in [-0.1, -0.05) is 0 Å². The highest BCUT2D eigenvalue weighted by Gasteiger charge is 2.20. The van der Waals surface area contributed by atoms with Crippen molar-refractivity contribution in [2.24, 2.45) is 5.92 Å². The molecular weight excluding hydrogens is 192 g/mol. The Hall–Kier alpha value is -1.45. The summed E-state index contributed by atoms with van der Waals surface area (Å²) in [4.78, 5) is 11.5. The van der Waals surface area contributed by atoms with Gasteiger partial charge in [0, 0.05) is 19.4 Å². The molecular formula is C12H16O3. The quantitative estimate of drug-likeness (QED) is 0.377. The third-order valence-electron chi connectivity index (χ3n) is 1.75. The number of hydrogen-bond donors (Lipinski definition) is 0. The number of ether oxygens (including phenoxy) is 2. The van der Waals surface area contributed by atoms with E-state index in [1.165, 1.54) is 0 Å². The van der Waals surface area contributed by atoms with Crippen molar-refractivity contribution in [3.05, 3.63) is 0 Å². The van der Waals surface area contributed by atoms with Crippen molar-refractivity contribution in [3.8, 4) is 24.7 Å². The van der Waals surface area contributed by atoms with Gasteiger partial charge in [-0.3, -0.25) is 4.79 Å². The minimum atomic E-state index is -0.555. The van der Waals surface area contributed by atoms with Crippen molar-refractivity contribution >= 4 is 5.97 Å². The van der Waals surface area contributed by atoms with Gasteiger partial charge in [0.25, 0.3) is 0 Å². The Balaban J connectivity index is 4.15. The normalized spacial score (nSPS) is 11.5. The maximum atomic E-state index is 11.5. The van der Waals surface area contributed by atoms with Gasteiger partial charge in [0.15, 0.2) is 6.29 Å². The molecule has 1 atom stereocenters. The smallest absolute Gasteiger partial charge is 0.313 e. The Bertz CT molecular complexity index is 254. The van der Waals surface area contributed by atoms with E-state index in [1.54, 1.807) is 6.92 Å². The first-order chi connectivity index (χ1) is 7.15. The van der Waals surface area contributed by atoms with Crippen LogP contribution in [0.3, 0.4) is 0 Å². The third-order valence-corrected chi connectivity index (χ3v) is 1.75. The maximum Gasteiger partial charge on any atom is 0.313 e. The standard InChI is InChI=1S/C12H16O3/c1-5-8-11(9-6-2)12(13)15-10(4)14-7-3/h1-2,10-11H,7-9H2,3-4H3. The van der Waals surface area contributed by atoms with Crippen LogP contribution in [-0.2, 0) is 14.3 Å². The van der Waals surface area contributed by atoms with Crippen LogP contribution in [0.15, 0.2) is 0 Å². The van der Waals surface area contributed by atoms with Gasteiger partial charge in [-0.15, -0.1) is 24.7 Å². The van der Waals surface area contributed by atoms with Gasteiger partial charge in [-0.25, -0.2) is 0 Å². The van der Waals surface area contributed by atoms with Crippen molar-refractivity contribution in [2.45, 2.75) is 33.0 Å². The summed E-state index contributed by atoms with van der Waals surface area (Å²) in [6.07, 6.45) is 10.3. The summed E-state index contributed by atoms with van der Waals surface area (Å²) in [5, 5.41) is 0. The topological polar surface area (TPSA) is 35.5 Å². The molecule has 0 fully saturated rings. The number of terminal acetylenes is 2. The summed E-state index contributed by atoms with van der Waals surface area (Å²) in [5.74, 6) is 3.98. The Kier molecular flexibility index (Phi) is 7.14. The van der Waals surface area contributed by atoms with Crippen LogP contribution in [0.1, 0.15) is 26.7 Å². The van der Waals surface area contributed by atoms with Gasteiger partial charge in [-0.2, -0.15) is 0 Å². The second-order valence-electron chi connectivity index (χ2n) is 2.97. The van der Waals surface area contributed by atoms with E-state index in [0.29, 0.717) is 19.4 Å². The van der Waals surface area contributed by atoms with E-state index in [4.69, 9.17) is 22.3 Å². The van der Waals surface area contributed by atoms with Crippen LogP contribution >= 0.6 is 0 Å². The maximum absolute atomic E-state index is 11.5. The molecule has 0 rings (SSSR count). The molecule has 0 spiro atoms. The minimum absolute atomic E-state index is 0.294. The van der Waals surface area contributed by atoms with Gasteiger partial charge >= 0.3 is 5.97 Å². The zero-order valence-corrected chi connectivity index (χ0v) is 9.16. The Morgan fingerprint density at radius 1 is 1.33 bits per heavy atom. The van der Waals surface area contributed by atoms with Gasteiger partial charge in [0.05, 0.1) is 5.92 Å². The monoisotopic (exact) mass is 208 g/mol. The molecule has 0 heterocycles. The van der Waals surface area contributed by atoms with Crippen LogP contribution < -0.4 is 0 Å². The lowest BCUT2D eigenvalue weighted by molar-refractivity contribution is -0.178. The molecule has 0 aromatic carbocycles. The summed E-state index contributed by atoms with van der Waals surface area (Å²) < 4.78 is 10.1. The number of carbonyl (C=O) groups is 1. The molecule has 0 saturated carbocycles. The summed E-state index contributed by atoms with van der Waals surface area (Å²) in [6.45, 7) is 3.97. The van der Waals surface area contributed by atoms with Crippen LogP contribution in [0.25, 0.3) is 0 Å². The summed E-state index contributed by atoms with van der Waals surface area (Å²) in [6, 6.07) is 0. The van der Waals surface area contributed by atoms with Gasteiger partial charge in [0.1, 0.15) is 0 Å². The van der Waals surface area contributed by atoms with Crippen molar-refractivity contribution in [1.82, 2.24) is 0 Å². The van der Waals surface area contributed by atoms with E-state index in [0.717, 1.165) is 0 Å². The largest absolute Gasteiger partial charge is 0.436 e. The number of esters is 1. The van der Waals surface area contributed by atoms with Gasteiger partial charge in [-0.05, 0) is 13.8 Å². The van der Waals surface area contributed by atoms with Gasteiger partial charge < -0.3 is 9.47 Å². The fourth-order valence-electron chi connectivity index (χ4n) is 1.05. The number of rotatable bonds is 6. The first-order valence-corrected chi connectivity index (χ1v) is 4.84. The molecule has 82 valence electrons. The Morgan fingerprint density at radius 2 is 1.87 bits per heavy atom. The predicted molar refractivity (Wildman–Crippen MR) is 57.6 cm³/mol. The Labute approximate surface area is 91.1 Å². The van der Waals surface area contributed by atoms with Crippen molar-refractivity contribution in [2.75, 3.05) is 6.61 Å². The van der Waals surface area contributed by atoms with Crippen LogP contribution in [0.4, 0.5) is 0 Å². The first-order valence-electron chi connectivity index (χ1n) is 4.84. The number of hydrogen-bond acceptors (Lipinski definition) is 3. The fraction of sp³-hybridized carbons (Fsp3) is 0.583. The molecule has 0 amide bonds. The molecule has 0 radical (unpaired) electrons. The second-order valence-corrected chi connectivity index (χ2v) is 2.97. The lowest BCUT2D eigenvalue weighted by Crippen LogP contribution is -2.24. The predicted octanol–water partition coefficient (Wildman–Crippen LogP) is 1.57. The molecule has 0 bridgehead atoms. The zero-order valence-electron chi connectivity index (χ0n) is 9.16. The molecule has 0 N–H and O–H groups in total. The molecule has 0 aromatic heterocycles. The Morgan fingerprint density at radius 3 is 2.27 bits per heavy atom. The van der Waals surface area contributed by atoms with E-state index in [-0.39, 0.29) is 0 Å². The van der Waals surface area contributed by atoms with Gasteiger partial charge in [0.2, 0.25) is 0 Å². The van der Waals surface area contributed by atoms with E-state index >= 15 is 0 Å². The van der Waals surface area contributed by atoms with E-state index < -0.39 is 18.2 Å². The van der Waals surface area contributed by atoms with Crippen molar-refractivity contribution in [3.63, 3.8) is 0 Å². The average Bonchev–Trinajstić information content (AvgIpc) is 2.17. The fourth-order valence-corrected chi connectivity index (χ4v) is 1.05. The molecule has 3 nitrogen and oxygen atoms in total. The van der Waals surface area contributed by atoms with Crippen LogP contribution in [0, 0.1) is 30.6 Å². The molecule has 0 saturated heterocycles. The lowest BCUT2D eigenvalue weighted by atomic mass is 10.0. The molecule has 0 aliphatic carbocycles. The molecule has 3 heteroatoms. The molecule has 15 heavy (non-hydrogen) atoms.